The van der Waals surface area contributed by atoms with Crippen molar-refractivity contribution >= 4 is 11.6 Å². The number of unbranched alkanes of at least 4 members (excludes halogenated alkanes) is 1. The van der Waals surface area contributed by atoms with Crippen molar-refractivity contribution in [1.29, 1.82) is 0 Å². The van der Waals surface area contributed by atoms with Gasteiger partial charge in [0.25, 0.3) is 0 Å². The Morgan fingerprint density at radius 3 is 2.50 bits per heavy atom. The zero-order valence-corrected chi connectivity index (χ0v) is 15.0. The lowest BCUT2D eigenvalue weighted by Gasteiger charge is -2.20. The van der Waals surface area contributed by atoms with E-state index in [4.69, 9.17) is 0 Å². The number of rotatable bonds is 9. The first-order valence-electron chi connectivity index (χ1n) is 8.98. The second-order valence-corrected chi connectivity index (χ2v) is 6.37. The van der Waals surface area contributed by atoms with Gasteiger partial charge in [0.05, 0.1) is 5.56 Å². The molecule has 2 aromatic rings. The highest BCUT2D eigenvalue weighted by molar-refractivity contribution is 6.11. The summed E-state index contributed by atoms with van der Waals surface area (Å²) in [5, 5.41) is 3.51. The number of carbonyl (C=O) groups excluding carboxylic acids is 1. The third kappa shape index (κ3) is 4.92. The smallest absolute Gasteiger partial charge is 0.196 e. The Morgan fingerprint density at radius 1 is 1.08 bits per heavy atom. The van der Waals surface area contributed by atoms with Gasteiger partial charge in [-0.15, -0.1) is 0 Å². The Morgan fingerprint density at radius 2 is 1.83 bits per heavy atom. The van der Waals surface area contributed by atoms with Crippen LogP contribution in [0.3, 0.4) is 0 Å². The van der Waals surface area contributed by atoms with E-state index in [1.54, 1.807) is 6.20 Å². The van der Waals surface area contributed by atoms with Crippen molar-refractivity contribution in [3.63, 3.8) is 0 Å². The van der Waals surface area contributed by atoms with E-state index in [0.717, 1.165) is 24.8 Å². The van der Waals surface area contributed by atoms with Gasteiger partial charge in [-0.1, -0.05) is 62.9 Å². The summed E-state index contributed by atoms with van der Waals surface area (Å²) in [7, 11) is 0. The summed E-state index contributed by atoms with van der Waals surface area (Å²) in [5.74, 6) is 0.731. The molecule has 0 fully saturated rings. The molecule has 0 radical (unpaired) electrons. The molecule has 2 rings (SSSR count). The molecule has 0 aliphatic rings. The average Bonchev–Trinajstić information content (AvgIpc) is 2.60. The molecule has 0 bridgehead atoms. The first-order chi connectivity index (χ1) is 11.7. The lowest BCUT2D eigenvalue weighted by molar-refractivity contribution is 0.103. The number of aromatic nitrogens is 1. The SMILES string of the molecule is CCCCC(CCC)Nc1ncccc1C(=O)c1ccc(C)cc1. The molecule has 1 atom stereocenters. The zero-order chi connectivity index (χ0) is 17.4. The Bertz CT molecular complexity index is 649. The van der Waals surface area contributed by atoms with Crippen LogP contribution in [-0.2, 0) is 0 Å². The van der Waals surface area contributed by atoms with Gasteiger partial charge in [0.15, 0.2) is 5.78 Å². The molecule has 3 nitrogen and oxygen atoms in total. The summed E-state index contributed by atoms with van der Waals surface area (Å²) in [6.45, 7) is 6.42. The molecule has 0 aliphatic carbocycles. The summed E-state index contributed by atoms with van der Waals surface area (Å²) in [6.07, 6.45) is 7.44. The summed E-state index contributed by atoms with van der Waals surface area (Å²) >= 11 is 0. The average molecular weight is 324 g/mol. The van der Waals surface area contributed by atoms with Crippen LogP contribution in [0.25, 0.3) is 0 Å². The fraction of sp³-hybridized carbons (Fsp3) is 0.429. The molecule has 1 aromatic heterocycles. The van der Waals surface area contributed by atoms with E-state index in [1.807, 2.05) is 43.3 Å². The Kier molecular flexibility index (Phi) is 6.98. The van der Waals surface area contributed by atoms with E-state index in [-0.39, 0.29) is 5.78 Å². The minimum atomic E-state index is 0.0244. The molecular formula is C21H28N2O. The van der Waals surface area contributed by atoms with Crippen molar-refractivity contribution in [2.75, 3.05) is 5.32 Å². The van der Waals surface area contributed by atoms with E-state index in [0.29, 0.717) is 23.0 Å². The van der Waals surface area contributed by atoms with Crippen molar-refractivity contribution < 1.29 is 4.79 Å². The van der Waals surface area contributed by atoms with E-state index >= 15 is 0 Å². The van der Waals surface area contributed by atoms with Gasteiger partial charge >= 0.3 is 0 Å². The topological polar surface area (TPSA) is 42.0 Å². The fourth-order valence-electron chi connectivity index (χ4n) is 2.84. The van der Waals surface area contributed by atoms with E-state index in [2.05, 4.69) is 24.1 Å². The number of hydrogen-bond acceptors (Lipinski definition) is 3. The first-order valence-corrected chi connectivity index (χ1v) is 8.98. The van der Waals surface area contributed by atoms with Gasteiger partial charge < -0.3 is 5.32 Å². The van der Waals surface area contributed by atoms with Crippen LogP contribution in [0, 0.1) is 6.92 Å². The molecule has 0 saturated heterocycles. The number of benzene rings is 1. The summed E-state index contributed by atoms with van der Waals surface area (Å²) in [4.78, 5) is 17.3. The number of aryl methyl sites for hydroxylation is 1. The van der Waals surface area contributed by atoms with Crippen LogP contribution in [0.5, 0.6) is 0 Å². The van der Waals surface area contributed by atoms with Crippen LogP contribution in [0.15, 0.2) is 42.6 Å². The number of ketones is 1. The lowest BCUT2D eigenvalue weighted by atomic mass is 10.0. The van der Waals surface area contributed by atoms with E-state index in [9.17, 15) is 4.79 Å². The third-order valence-electron chi connectivity index (χ3n) is 4.25. The summed E-state index contributed by atoms with van der Waals surface area (Å²) < 4.78 is 0. The molecule has 1 N–H and O–H groups in total. The zero-order valence-electron chi connectivity index (χ0n) is 15.0. The van der Waals surface area contributed by atoms with Crippen LogP contribution in [0.1, 0.15) is 67.4 Å². The van der Waals surface area contributed by atoms with Crippen LogP contribution >= 0.6 is 0 Å². The Hall–Kier alpha value is -2.16. The van der Waals surface area contributed by atoms with Crippen molar-refractivity contribution in [3.8, 4) is 0 Å². The number of nitrogens with zero attached hydrogens (tertiary/aromatic N) is 1. The van der Waals surface area contributed by atoms with E-state index in [1.165, 1.54) is 12.8 Å². The second-order valence-electron chi connectivity index (χ2n) is 6.37. The van der Waals surface area contributed by atoms with Gasteiger partial charge in [0.2, 0.25) is 0 Å². The van der Waals surface area contributed by atoms with Gasteiger partial charge in [-0.25, -0.2) is 4.98 Å². The molecule has 1 heterocycles. The monoisotopic (exact) mass is 324 g/mol. The van der Waals surface area contributed by atoms with Crippen LogP contribution in [-0.4, -0.2) is 16.8 Å². The highest BCUT2D eigenvalue weighted by Gasteiger charge is 2.17. The van der Waals surface area contributed by atoms with Gasteiger partial charge in [-0.3, -0.25) is 4.79 Å². The molecule has 0 saturated carbocycles. The summed E-state index contributed by atoms with van der Waals surface area (Å²) in [5.41, 5.74) is 2.51. The molecule has 0 aliphatic heterocycles. The minimum absolute atomic E-state index is 0.0244. The lowest BCUT2D eigenvalue weighted by Crippen LogP contribution is -2.22. The number of nitrogens with one attached hydrogen (secondary N) is 1. The number of hydrogen-bond donors (Lipinski definition) is 1. The molecule has 0 spiro atoms. The minimum Gasteiger partial charge on any atom is -0.367 e. The van der Waals surface area contributed by atoms with Crippen molar-refractivity contribution in [3.05, 3.63) is 59.3 Å². The van der Waals surface area contributed by atoms with Crippen molar-refractivity contribution in [2.45, 2.75) is 58.9 Å². The summed E-state index contributed by atoms with van der Waals surface area (Å²) in [6, 6.07) is 11.8. The van der Waals surface area contributed by atoms with Gasteiger partial charge in [0.1, 0.15) is 5.82 Å². The third-order valence-corrected chi connectivity index (χ3v) is 4.25. The van der Waals surface area contributed by atoms with Crippen LogP contribution in [0.2, 0.25) is 0 Å². The van der Waals surface area contributed by atoms with Gasteiger partial charge in [0, 0.05) is 17.8 Å². The number of carbonyl (C=O) groups is 1. The maximum absolute atomic E-state index is 12.9. The van der Waals surface area contributed by atoms with Crippen LogP contribution in [0.4, 0.5) is 5.82 Å². The predicted molar refractivity (Wildman–Crippen MR) is 101 cm³/mol. The molecule has 24 heavy (non-hydrogen) atoms. The molecule has 1 unspecified atom stereocenters. The molecular weight excluding hydrogens is 296 g/mol. The normalized spacial score (nSPS) is 12.0. The van der Waals surface area contributed by atoms with Gasteiger partial charge in [-0.2, -0.15) is 0 Å². The highest BCUT2D eigenvalue weighted by Crippen LogP contribution is 2.20. The molecule has 128 valence electrons. The van der Waals surface area contributed by atoms with Crippen molar-refractivity contribution in [1.82, 2.24) is 4.98 Å². The van der Waals surface area contributed by atoms with Gasteiger partial charge in [-0.05, 0) is 31.9 Å². The van der Waals surface area contributed by atoms with Crippen molar-refractivity contribution in [2.24, 2.45) is 0 Å². The number of anilines is 1. The van der Waals surface area contributed by atoms with E-state index < -0.39 is 0 Å². The maximum atomic E-state index is 12.9. The van der Waals surface area contributed by atoms with Crippen LogP contribution < -0.4 is 5.32 Å². The maximum Gasteiger partial charge on any atom is 0.196 e. The predicted octanol–water partition coefficient (Wildman–Crippen LogP) is 5.39. The molecule has 3 heteroatoms. The Labute approximate surface area is 145 Å². The molecule has 0 amide bonds. The standard InChI is InChI=1S/C21H28N2O/c1-4-6-9-18(8-5-2)23-21-19(10-7-15-22-21)20(24)17-13-11-16(3)12-14-17/h7,10-15,18H,4-6,8-9H2,1-3H3,(H,22,23). The Balaban J connectivity index is 2.22. The second kappa shape index (κ2) is 9.21. The largest absolute Gasteiger partial charge is 0.367 e. The fourth-order valence-corrected chi connectivity index (χ4v) is 2.84. The number of pyridine rings is 1. The highest BCUT2D eigenvalue weighted by atomic mass is 16.1. The first kappa shape index (κ1) is 18.2. The molecule has 1 aromatic carbocycles. The quantitative estimate of drug-likeness (QED) is 0.629.